The third-order valence-electron chi connectivity index (χ3n) is 3.88. The predicted molar refractivity (Wildman–Crippen MR) is 91.8 cm³/mol. The molecule has 23 heavy (non-hydrogen) atoms. The van der Waals surface area contributed by atoms with Crippen molar-refractivity contribution in [2.24, 2.45) is 5.73 Å². The Bertz CT molecular complexity index is 657. The van der Waals surface area contributed by atoms with Crippen LogP contribution in [-0.2, 0) is 0 Å². The summed E-state index contributed by atoms with van der Waals surface area (Å²) in [7, 11) is 0. The number of halogens is 3. The number of hydrogen-bond donors (Lipinski definition) is 1. The fourth-order valence-corrected chi connectivity index (χ4v) is 2.77. The number of aromatic nitrogens is 1. The van der Waals surface area contributed by atoms with Crippen LogP contribution in [0.2, 0.25) is 0 Å². The van der Waals surface area contributed by atoms with E-state index in [1.54, 1.807) is 4.90 Å². The number of pyridine rings is 1. The lowest BCUT2D eigenvalue weighted by atomic mass is 9.95. The molecular formula is C16H18Cl2FN3O. The molecular weight excluding hydrogens is 340 g/mol. The lowest BCUT2D eigenvalue weighted by Crippen LogP contribution is -2.32. The minimum atomic E-state index is -0.598. The van der Waals surface area contributed by atoms with E-state index in [2.05, 4.69) is 4.98 Å². The summed E-state index contributed by atoms with van der Waals surface area (Å²) in [5, 5.41) is 0. The third-order valence-corrected chi connectivity index (χ3v) is 3.88. The second kappa shape index (κ2) is 8.24. The summed E-state index contributed by atoms with van der Waals surface area (Å²) in [4.78, 5) is 17.7. The van der Waals surface area contributed by atoms with Gasteiger partial charge in [0.15, 0.2) is 5.82 Å². The topological polar surface area (TPSA) is 59.2 Å². The standard InChI is InChI=1S/C16H16FN3O.2ClH/c17-14-8-19-7-6-12(14)16(21)20-9-13(15(18)10-20)11-4-2-1-3-5-11;;/h1-8,13,15H,9-10,18H2;2*1H/t13-,15+;;/m0../s1. The first-order chi connectivity index (χ1) is 10.2. The van der Waals surface area contributed by atoms with Crippen molar-refractivity contribution in [3.05, 3.63) is 65.7 Å². The maximum atomic E-state index is 13.7. The summed E-state index contributed by atoms with van der Waals surface area (Å²) in [6.07, 6.45) is 2.47. The van der Waals surface area contributed by atoms with Crippen LogP contribution >= 0.6 is 24.8 Å². The highest BCUT2D eigenvalue weighted by Gasteiger charge is 2.34. The van der Waals surface area contributed by atoms with Gasteiger partial charge in [0, 0.05) is 31.2 Å². The summed E-state index contributed by atoms with van der Waals surface area (Å²) >= 11 is 0. The van der Waals surface area contributed by atoms with E-state index >= 15 is 0 Å². The zero-order valence-electron chi connectivity index (χ0n) is 12.3. The number of carbonyl (C=O) groups excluding carboxylic acids is 1. The van der Waals surface area contributed by atoms with E-state index in [0.29, 0.717) is 13.1 Å². The van der Waals surface area contributed by atoms with Crippen LogP contribution in [0.5, 0.6) is 0 Å². The van der Waals surface area contributed by atoms with Crippen LogP contribution in [0.15, 0.2) is 48.8 Å². The van der Waals surface area contributed by atoms with Crippen LogP contribution in [0, 0.1) is 5.82 Å². The fraction of sp³-hybridized carbons (Fsp3) is 0.250. The number of benzene rings is 1. The van der Waals surface area contributed by atoms with E-state index in [1.165, 1.54) is 12.3 Å². The number of nitrogens with two attached hydrogens (primary N) is 1. The van der Waals surface area contributed by atoms with E-state index in [4.69, 9.17) is 5.73 Å². The van der Waals surface area contributed by atoms with Gasteiger partial charge >= 0.3 is 0 Å². The van der Waals surface area contributed by atoms with Gasteiger partial charge in [-0.25, -0.2) is 4.39 Å². The average Bonchev–Trinajstić information content (AvgIpc) is 2.90. The Hall–Kier alpha value is -1.69. The Morgan fingerprint density at radius 3 is 2.52 bits per heavy atom. The molecule has 0 bridgehead atoms. The molecule has 0 saturated carbocycles. The van der Waals surface area contributed by atoms with Gasteiger partial charge < -0.3 is 10.6 Å². The van der Waals surface area contributed by atoms with E-state index in [-0.39, 0.29) is 48.2 Å². The number of rotatable bonds is 2. The van der Waals surface area contributed by atoms with E-state index in [1.807, 2.05) is 30.3 Å². The second-order valence-corrected chi connectivity index (χ2v) is 5.25. The number of likely N-dealkylation sites (tertiary alicyclic amines) is 1. The third kappa shape index (κ3) is 3.99. The first-order valence-corrected chi connectivity index (χ1v) is 6.86. The van der Waals surface area contributed by atoms with Crippen molar-refractivity contribution in [1.29, 1.82) is 0 Å². The minimum Gasteiger partial charge on any atom is -0.336 e. The van der Waals surface area contributed by atoms with Gasteiger partial charge in [-0.2, -0.15) is 0 Å². The number of hydrogen-bond acceptors (Lipinski definition) is 3. The van der Waals surface area contributed by atoms with Crippen LogP contribution in [0.25, 0.3) is 0 Å². The molecule has 7 heteroatoms. The van der Waals surface area contributed by atoms with E-state index in [0.717, 1.165) is 11.8 Å². The summed E-state index contributed by atoms with van der Waals surface area (Å²) < 4.78 is 13.7. The molecule has 1 aliphatic rings. The van der Waals surface area contributed by atoms with Gasteiger partial charge in [-0.15, -0.1) is 24.8 Å². The molecule has 1 fully saturated rings. The van der Waals surface area contributed by atoms with Crippen molar-refractivity contribution in [1.82, 2.24) is 9.88 Å². The molecule has 3 rings (SSSR count). The summed E-state index contributed by atoms with van der Waals surface area (Å²) in [6, 6.07) is 11.1. The fourth-order valence-electron chi connectivity index (χ4n) is 2.77. The SMILES string of the molecule is Cl.Cl.N[C@@H]1CN(C(=O)c2ccncc2F)C[C@H]1c1ccccc1. The van der Waals surface area contributed by atoms with Gasteiger partial charge in [0.05, 0.1) is 11.8 Å². The van der Waals surface area contributed by atoms with Crippen LogP contribution < -0.4 is 5.73 Å². The van der Waals surface area contributed by atoms with Crippen molar-refractivity contribution < 1.29 is 9.18 Å². The Morgan fingerprint density at radius 2 is 1.87 bits per heavy atom. The van der Waals surface area contributed by atoms with E-state index < -0.39 is 5.82 Å². The van der Waals surface area contributed by atoms with Crippen LogP contribution in [-0.4, -0.2) is 34.9 Å². The molecule has 1 aliphatic heterocycles. The Morgan fingerprint density at radius 1 is 1.17 bits per heavy atom. The van der Waals surface area contributed by atoms with Crippen molar-refractivity contribution in [2.75, 3.05) is 13.1 Å². The molecule has 2 atom stereocenters. The molecule has 1 saturated heterocycles. The summed E-state index contributed by atoms with van der Waals surface area (Å²) in [6.45, 7) is 0.936. The zero-order valence-corrected chi connectivity index (χ0v) is 13.9. The van der Waals surface area contributed by atoms with Gasteiger partial charge in [0.1, 0.15) is 0 Å². The average molecular weight is 358 g/mol. The molecule has 2 N–H and O–H groups in total. The number of nitrogens with zero attached hydrogens (tertiary/aromatic N) is 2. The first-order valence-electron chi connectivity index (χ1n) is 6.86. The molecule has 0 spiro atoms. The number of carbonyl (C=O) groups is 1. The Labute approximate surface area is 146 Å². The van der Waals surface area contributed by atoms with Crippen molar-refractivity contribution in [3.63, 3.8) is 0 Å². The molecule has 0 unspecified atom stereocenters. The Balaban J connectivity index is 0.00000132. The van der Waals surface area contributed by atoms with Gasteiger partial charge in [0.25, 0.3) is 5.91 Å². The summed E-state index contributed by atoms with van der Waals surface area (Å²) in [5.41, 5.74) is 7.31. The van der Waals surface area contributed by atoms with Gasteiger partial charge in [-0.3, -0.25) is 9.78 Å². The molecule has 1 aromatic carbocycles. The molecule has 2 heterocycles. The van der Waals surface area contributed by atoms with Crippen LogP contribution in [0.1, 0.15) is 21.8 Å². The maximum Gasteiger partial charge on any atom is 0.257 e. The van der Waals surface area contributed by atoms with Crippen LogP contribution in [0.4, 0.5) is 4.39 Å². The smallest absolute Gasteiger partial charge is 0.257 e. The van der Waals surface area contributed by atoms with Crippen LogP contribution in [0.3, 0.4) is 0 Å². The lowest BCUT2D eigenvalue weighted by Gasteiger charge is -2.16. The predicted octanol–water partition coefficient (Wildman–Crippen LogP) is 2.63. The molecule has 124 valence electrons. The molecule has 4 nitrogen and oxygen atoms in total. The maximum absolute atomic E-state index is 13.7. The largest absolute Gasteiger partial charge is 0.336 e. The highest BCUT2D eigenvalue weighted by molar-refractivity contribution is 5.94. The lowest BCUT2D eigenvalue weighted by molar-refractivity contribution is 0.0784. The normalized spacial score (nSPS) is 19.7. The molecule has 1 aromatic heterocycles. The van der Waals surface area contributed by atoms with Crippen molar-refractivity contribution in [3.8, 4) is 0 Å². The zero-order chi connectivity index (χ0) is 14.8. The molecule has 2 aromatic rings. The van der Waals surface area contributed by atoms with Crippen molar-refractivity contribution >= 4 is 30.7 Å². The van der Waals surface area contributed by atoms with Crippen molar-refractivity contribution in [2.45, 2.75) is 12.0 Å². The first kappa shape index (κ1) is 19.4. The molecule has 0 radical (unpaired) electrons. The van der Waals surface area contributed by atoms with Gasteiger partial charge in [-0.1, -0.05) is 30.3 Å². The number of amides is 1. The van der Waals surface area contributed by atoms with E-state index in [9.17, 15) is 9.18 Å². The highest BCUT2D eigenvalue weighted by Crippen LogP contribution is 2.27. The highest BCUT2D eigenvalue weighted by atomic mass is 35.5. The molecule has 1 amide bonds. The van der Waals surface area contributed by atoms with Gasteiger partial charge in [0.2, 0.25) is 0 Å². The Kier molecular flexibility index (Phi) is 6.94. The van der Waals surface area contributed by atoms with Gasteiger partial charge in [-0.05, 0) is 11.6 Å². The minimum absolute atomic E-state index is 0. The summed E-state index contributed by atoms with van der Waals surface area (Å²) in [5.74, 6) is -0.844. The monoisotopic (exact) mass is 357 g/mol. The molecule has 0 aliphatic carbocycles. The quantitative estimate of drug-likeness (QED) is 0.898. The second-order valence-electron chi connectivity index (χ2n) is 5.25.